The minimum absolute atomic E-state index is 0.0325. The molecule has 0 aromatic carbocycles. The van der Waals surface area contributed by atoms with Crippen molar-refractivity contribution >= 4 is 17.8 Å². The summed E-state index contributed by atoms with van der Waals surface area (Å²) in [7, 11) is 0. The van der Waals surface area contributed by atoms with E-state index in [1.54, 1.807) is 6.07 Å². The standard InChI is InChI=1S/C18H25N3O3.C2HF3O2/c22-17-4-3-15-16(20(17)11-10-19-7-1-2-8-19)5-9-21(15)18(23)14-6-12-24-13-14;3-2(4,5)1(6)7/h6,12-13,15-16H,1-5,7-11H2;(H,6,7)/t15-,16-;/m0./s1. The molecule has 0 aliphatic carbocycles. The number of hydrogen-bond donors (Lipinski definition) is 1. The molecule has 1 aromatic rings. The second-order valence-electron chi connectivity index (χ2n) is 7.91. The Morgan fingerprint density at radius 1 is 1.10 bits per heavy atom. The van der Waals surface area contributed by atoms with Gasteiger partial charge in [-0.15, -0.1) is 0 Å². The van der Waals surface area contributed by atoms with Crippen LogP contribution in [0.2, 0.25) is 0 Å². The number of amides is 2. The highest BCUT2D eigenvalue weighted by Gasteiger charge is 2.45. The molecule has 0 unspecified atom stereocenters. The van der Waals surface area contributed by atoms with E-state index in [1.165, 1.54) is 25.4 Å². The van der Waals surface area contributed by atoms with Crippen molar-refractivity contribution in [2.45, 2.75) is 50.4 Å². The number of nitrogens with zero attached hydrogens (tertiary/aromatic N) is 3. The van der Waals surface area contributed by atoms with E-state index in [-0.39, 0.29) is 23.9 Å². The average molecular weight is 445 g/mol. The maximum Gasteiger partial charge on any atom is 0.490 e. The maximum absolute atomic E-state index is 12.7. The van der Waals surface area contributed by atoms with Gasteiger partial charge in [0.25, 0.3) is 5.91 Å². The number of carboxylic acids is 1. The van der Waals surface area contributed by atoms with Gasteiger partial charge in [-0.2, -0.15) is 13.2 Å². The minimum Gasteiger partial charge on any atom is -0.475 e. The molecule has 3 fully saturated rings. The van der Waals surface area contributed by atoms with Crippen molar-refractivity contribution in [1.82, 2.24) is 14.7 Å². The molecule has 0 bridgehead atoms. The van der Waals surface area contributed by atoms with Crippen LogP contribution < -0.4 is 0 Å². The van der Waals surface area contributed by atoms with Crippen molar-refractivity contribution in [2.24, 2.45) is 0 Å². The monoisotopic (exact) mass is 445 g/mol. The lowest BCUT2D eigenvalue weighted by Crippen LogP contribution is -2.54. The quantitative estimate of drug-likeness (QED) is 0.764. The summed E-state index contributed by atoms with van der Waals surface area (Å²) in [6.45, 7) is 4.80. The van der Waals surface area contributed by atoms with Gasteiger partial charge in [0.05, 0.1) is 23.9 Å². The van der Waals surface area contributed by atoms with Crippen LogP contribution >= 0.6 is 0 Å². The summed E-state index contributed by atoms with van der Waals surface area (Å²) in [5.41, 5.74) is 0.608. The smallest absolute Gasteiger partial charge is 0.475 e. The molecule has 11 heteroatoms. The van der Waals surface area contributed by atoms with E-state index in [0.717, 1.165) is 45.6 Å². The van der Waals surface area contributed by atoms with Gasteiger partial charge in [-0.25, -0.2) is 4.79 Å². The summed E-state index contributed by atoms with van der Waals surface area (Å²) >= 11 is 0. The number of furan rings is 1. The maximum atomic E-state index is 12.7. The molecule has 3 aliphatic rings. The molecule has 0 saturated carbocycles. The molecule has 172 valence electrons. The van der Waals surface area contributed by atoms with E-state index in [1.807, 2.05) is 4.90 Å². The number of carbonyl (C=O) groups is 3. The number of hydrogen-bond acceptors (Lipinski definition) is 5. The summed E-state index contributed by atoms with van der Waals surface area (Å²) in [6, 6.07) is 2.06. The third kappa shape index (κ3) is 5.57. The molecule has 0 radical (unpaired) electrons. The number of rotatable bonds is 4. The van der Waals surface area contributed by atoms with Crippen molar-refractivity contribution in [3.05, 3.63) is 24.2 Å². The molecule has 0 spiro atoms. The van der Waals surface area contributed by atoms with Crippen LogP contribution in [0.15, 0.2) is 23.0 Å². The number of carboxylic acid groups (broad SMARTS) is 1. The van der Waals surface area contributed by atoms with Crippen LogP contribution in [-0.2, 0) is 9.59 Å². The van der Waals surface area contributed by atoms with E-state index >= 15 is 0 Å². The first-order chi connectivity index (χ1) is 14.7. The molecule has 31 heavy (non-hydrogen) atoms. The number of fused-ring (bicyclic) bond motifs is 1. The van der Waals surface area contributed by atoms with E-state index in [0.29, 0.717) is 12.0 Å². The Morgan fingerprint density at radius 3 is 2.35 bits per heavy atom. The Morgan fingerprint density at radius 2 is 1.77 bits per heavy atom. The lowest BCUT2D eigenvalue weighted by atomic mass is 9.96. The van der Waals surface area contributed by atoms with Gasteiger partial charge in [0.15, 0.2) is 0 Å². The normalized spacial score (nSPS) is 24.0. The number of aliphatic carboxylic acids is 1. The number of likely N-dealkylation sites (tertiary alicyclic amines) is 3. The molecule has 2 atom stereocenters. The highest BCUT2D eigenvalue weighted by molar-refractivity contribution is 5.94. The Bertz CT molecular complexity index is 778. The van der Waals surface area contributed by atoms with Crippen molar-refractivity contribution in [3.8, 4) is 0 Å². The summed E-state index contributed by atoms with van der Waals surface area (Å²) in [6.07, 6.45) is 2.73. The molecule has 2 amide bonds. The summed E-state index contributed by atoms with van der Waals surface area (Å²) < 4.78 is 36.8. The number of halogens is 3. The van der Waals surface area contributed by atoms with Gasteiger partial charge < -0.3 is 24.2 Å². The van der Waals surface area contributed by atoms with Gasteiger partial charge in [0.1, 0.15) is 6.26 Å². The van der Waals surface area contributed by atoms with E-state index in [2.05, 4.69) is 9.80 Å². The topological polar surface area (TPSA) is 94.3 Å². The Labute approximate surface area is 177 Å². The van der Waals surface area contributed by atoms with Crippen LogP contribution in [0.25, 0.3) is 0 Å². The fourth-order valence-electron chi connectivity index (χ4n) is 4.50. The van der Waals surface area contributed by atoms with Crippen LogP contribution in [0.5, 0.6) is 0 Å². The van der Waals surface area contributed by atoms with Crippen molar-refractivity contribution in [1.29, 1.82) is 0 Å². The van der Waals surface area contributed by atoms with E-state index in [4.69, 9.17) is 14.3 Å². The van der Waals surface area contributed by atoms with Crippen LogP contribution in [-0.4, -0.2) is 88.6 Å². The minimum atomic E-state index is -5.08. The first kappa shape index (κ1) is 23.1. The second kappa shape index (κ2) is 9.71. The van der Waals surface area contributed by atoms with E-state index in [9.17, 15) is 22.8 Å². The SMILES string of the molecule is O=C(O)C(F)(F)F.O=C1CC[C@H]2[C@H](CCN2C(=O)c2ccoc2)N1CCN1CCCC1. The first-order valence-corrected chi connectivity index (χ1v) is 10.3. The van der Waals surface area contributed by atoms with Crippen molar-refractivity contribution in [2.75, 3.05) is 32.7 Å². The van der Waals surface area contributed by atoms with Crippen LogP contribution in [0, 0.1) is 0 Å². The lowest BCUT2D eigenvalue weighted by Gasteiger charge is -2.40. The predicted octanol–water partition coefficient (Wildman–Crippen LogP) is 2.21. The Balaban J connectivity index is 0.000000339. The van der Waals surface area contributed by atoms with Crippen molar-refractivity contribution in [3.63, 3.8) is 0 Å². The molecule has 4 heterocycles. The number of carbonyl (C=O) groups excluding carboxylic acids is 2. The zero-order valence-corrected chi connectivity index (χ0v) is 17.0. The number of alkyl halides is 3. The molecular weight excluding hydrogens is 419 g/mol. The Kier molecular flexibility index (Phi) is 7.24. The van der Waals surface area contributed by atoms with E-state index < -0.39 is 12.1 Å². The van der Waals surface area contributed by atoms with Gasteiger partial charge in [-0.1, -0.05) is 0 Å². The van der Waals surface area contributed by atoms with Gasteiger partial charge in [0, 0.05) is 26.1 Å². The fraction of sp³-hybridized carbons (Fsp3) is 0.650. The molecule has 8 nitrogen and oxygen atoms in total. The molecule has 3 aliphatic heterocycles. The van der Waals surface area contributed by atoms with Crippen LogP contribution in [0.4, 0.5) is 13.2 Å². The average Bonchev–Trinajstić information content (AvgIpc) is 3.47. The summed E-state index contributed by atoms with van der Waals surface area (Å²) in [4.78, 5) is 40.4. The first-order valence-electron chi connectivity index (χ1n) is 10.3. The van der Waals surface area contributed by atoms with Gasteiger partial charge in [-0.05, 0) is 44.8 Å². The number of piperidine rings is 1. The van der Waals surface area contributed by atoms with Gasteiger partial charge in [-0.3, -0.25) is 9.59 Å². The van der Waals surface area contributed by atoms with Crippen LogP contribution in [0.3, 0.4) is 0 Å². The largest absolute Gasteiger partial charge is 0.490 e. The molecule has 1 aromatic heterocycles. The predicted molar refractivity (Wildman–Crippen MR) is 102 cm³/mol. The molecular formula is C20H26F3N3O5. The highest BCUT2D eigenvalue weighted by atomic mass is 19.4. The zero-order chi connectivity index (χ0) is 22.6. The van der Waals surface area contributed by atoms with Crippen molar-refractivity contribution < 1.29 is 37.1 Å². The highest BCUT2D eigenvalue weighted by Crippen LogP contribution is 2.32. The fourth-order valence-corrected chi connectivity index (χ4v) is 4.50. The Hall–Kier alpha value is -2.56. The molecule has 4 rings (SSSR count). The summed E-state index contributed by atoms with van der Waals surface area (Å²) in [5.74, 6) is -2.47. The third-order valence-corrected chi connectivity index (χ3v) is 6.01. The molecule has 3 saturated heterocycles. The zero-order valence-electron chi connectivity index (χ0n) is 17.0. The van der Waals surface area contributed by atoms with Crippen LogP contribution in [0.1, 0.15) is 42.5 Å². The van der Waals surface area contributed by atoms with Gasteiger partial charge >= 0.3 is 12.1 Å². The molecule has 1 N–H and O–H groups in total. The van der Waals surface area contributed by atoms with Gasteiger partial charge in [0.2, 0.25) is 5.91 Å². The third-order valence-electron chi connectivity index (χ3n) is 6.01. The lowest BCUT2D eigenvalue weighted by molar-refractivity contribution is -0.192. The summed E-state index contributed by atoms with van der Waals surface area (Å²) in [5, 5.41) is 7.12. The second-order valence-corrected chi connectivity index (χ2v) is 7.91.